The molecule has 19 heavy (non-hydrogen) atoms. The molecule has 0 aromatic carbocycles. The fourth-order valence-electron chi connectivity index (χ4n) is 2.47. The van der Waals surface area contributed by atoms with Gasteiger partial charge in [0.25, 0.3) is 0 Å². The molecule has 1 atom stereocenters. The first kappa shape index (κ1) is 18.4. The van der Waals surface area contributed by atoms with Crippen molar-refractivity contribution in [1.29, 1.82) is 0 Å². The van der Waals surface area contributed by atoms with Crippen LogP contribution in [-0.4, -0.2) is 35.5 Å². The van der Waals surface area contributed by atoms with Crippen LogP contribution in [0.1, 0.15) is 60.3 Å². The highest BCUT2D eigenvalue weighted by molar-refractivity contribution is 5.83. The first-order chi connectivity index (χ1) is 8.74. The maximum absolute atomic E-state index is 11.2. The van der Waals surface area contributed by atoms with Gasteiger partial charge in [0.1, 0.15) is 0 Å². The average molecular weight is 271 g/mol. The van der Waals surface area contributed by atoms with Crippen molar-refractivity contribution in [3.63, 3.8) is 0 Å². The molecule has 0 saturated carbocycles. The minimum atomic E-state index is -0.878. The number of hydrogen-bond donors (Lipinski definition) is 2. The van der Waals surface area contributed by atoms with Gasteiger partial charge in [-0.2, -0.15) is 0 Å². The minimum Gasteiger partial charge on any atom is -0.368 e. The van der Waals surface area contributed by atoms with Crippen molar-refractivity contribution in [2.24, 2.45) is 17.4 Å². The molecule has 0 fully saturated rings. The molecule has 0 aliphatic carbocycles. The monoisotopic (exact) mass is 271 g/mol. The zero-order valence-corrected chi connectivity index (χ0v) is 13.4. The van der Waals surface area contributed by atoms with Gasteiger partial charge >= 0.3 is 0 Å². The van der Waals surface area contributed by atoms with Crippen LogP contribution < -0.4 is 11.5 Å². The number of amides is 1. The van der Waals surface area contributed by atoms with E-state index in [4.69, 9.17) is 11.5 Å². The molecule has 0 radical (unpaired) electrons. The van der Waals surface area contributed by atoms with Gasteiger partial charge in [-0.25, -0.2) is 0 Å². The van der Waals surface area contributed by atoms with E-state index in [2.05, 4.69) is 32.6 Å². The summed E-state index contributed by atoms with van der Waals surface area (Å²) in [7, 11) is 0. The van der Waals surface area contributed by atoms with E-state index in [1.54, 1.807) is 6.92 Å². The summed E-state index contributed by atoms with van der Waals surface area (Å²) in [4.78, 5) is 13.7. The second-order valence-electron chi connectivity index (χ2n) is 6.24. The second kappa shape index (κ2) is 8.54. The van der Waals surface area contributed by atoms with Gasteiger partial charge in [-0.15, -0.1) is 0 Å². The summed E-state index contributed by atoms with van der Waals surface area (Å²) in [5, 5.41) is 0. The average Bonchev–Trinajstić information content (AvgIpc) is 2.29. The third kappa shape index (κ3) is 6.92. The van der Waals surface area contributed by atoms with Gasteiger partial charge in [-0.3, -0.25) is 4.79 Å². The van der Waals surface area contributed by atoms with E-state index in [-0.39, 0.29) is 0 Å². The molecule has 1 amide bonds. The number of primary amides is 1. The minimum absolute atomic E-state index is 0.412. The largest absolute Gasteiger partial charge is 0.368 e. The Bertz CT molecular complexity index is 260. The summed E-state index contributed by atoms with van der Waals surface area (Å²) in [6, 6.07) is 0.625. The van der Waals surface area contributed by atoms with Crippen LogP contribution in [0.2, 0.25) is 0 Å². The Morgan fingerprint density at radius 3 is 2.16 bits per heavy atom. The van der Waals surface area contributed by atoms with Crippen molar-refractivity contribution < 1.29 is 4.79 Å². The lowest BCUT2D eigenvalue weighted by Crippen LogP contribution is -2.49. The number of nitrogens with zero attached hydrogens (tertiary/aromatic N) is 1. The molecule has 0 aliphatic rings. The first-order valence-corrected chi connectivity index (χ1v) is 7.57. The molecule has 0 rings (SSSR count). The van der Waals surface area contributed by atoms with Gasteiger partial charge in [0.05, 0.1) is 5.54 Å². The van der Waals surface area contributed by atoms with Crippen LogP contribution in [0.4, 0.5) is 0 Å². The van der Waals surface area contributed by atoms with Gasteiger partial charge in [0, 0.05) is 12.6 Å². The van der Waals surface area contributed by atoms with Crippen LogP contribution in [0.5, 0.6) is 0 Å². The Kier molecular flexibility index (Phi) is 8.26. The van der Waals surface area contributed by atoms with Crippen molar-refractivity contribution in [2.75, 3.05) is 13.1 Å². The molecule has 0 bridgehead atoms. The highest BCUT2D eigenvalue weighted by Crippen LogP contribution is 2.15. The molecule has 0 aliphatic heterocycles. The van der Waals surface area contributed by atoms with Gasteiger partial charge in [0.2, 0.25) is 5.91 Å². The van der Waals surface area contributed by atoms with Gasteiger partial charge < -0.3 is 16.4 Å². The Labute approximate surface area is 118 Å². The molecule has 0 heterocycles. The lowest BCUT2D eigenvalue weighted by molar-refractivity contribution is -0.122. The number of carbonyl (C=O) groups excluding carboxylic acids is 1. The quantitative estimate of drug-likeness (QED) is 0.639. The van der Waals surface area contributed by atoms with Crippen molar-refractivity contribution in [3.05, 3.63) is 0 Å². The lowest BCUT2D eigenvalue weighted by atomic mass is 9.96. The second-order valence-corrected chi connectivity index (χ2v) is 6.24. The fourth-order valence-corrected chi connectivity index (χ4v) is 2.47. The summed E-state index contributed by atoms with van der Waals surface area (Å²) in [5.41, 5.74) is 10.3. The maximum atomic E-state index is 11.2. The molecule has 4 heteroatoms. The molecule has 0 saturated heterocycles. The van der Waals surface area contributed by atoms with E-state index < -0.39 is 11.4 Å². The lowest BCUT2D eigenvalue weighted by Gasteiger charge is -2.32. The van der Waals surface area contributed by atoms with Crippen LogP contribution in [-0.2, 0) is 4.79 Å². The van der Waals surface area contributed by atoms with Gasteiger partial charge in [-0.1, -0.05) is 27.7 Å². The third-order valence-corrected chi connectivity index (χ3v) is 3.76. The fraction of sp³-hybridized carbons (Fsp3) is 0.933. The predicted molar refractivity (Wildman–Crippen MR) is 81.8 cm³/mol. The van der Waals surface area contributed by atoms with Crippen molar-refractivity contribution in [2.45, 2.75) is 71.9 Å². The van der Waals surface area contributed by atoms with Crippen LogP contribution >= 0.6 is 0 Å². The number of carbonyl (C=O) groups is 1. The zero-order chi connectivity index (χ0) is 15.1. The Morgan fingerprint density at radius 2 is 1.79 bits per heavy atom. The van der Waals surface area contributed by atoms with Gasteiger partial charge in [-0.05, 0) is 45.1 Å². The summed E-state index contributed by atoms with van der Waals surface area (Å²) in [5.74, 6) is 0.242. The number of hydrogen-bond acceptors (Lipinski definition) is 3. The number of nitrogens with two attached hydrogens (primary N) is 2. The molecule has 0 aromatic rings. The molecule has 0 aromatic heterocycles. The highest BCUT2D eigenvalue weighted by Gasteiger charge is 2.25. The number of rotatable bonds is 10. The topological polar surface area (TPSA) is 72.3 Å². The van der Waals surface area contributed by atoms with E-state index in [0.29, 0.717) is 18.4 Å². The molecular formula is C15H33N3O. The van der Waals surface area contributed by atoms with Crippen LogP contribution in [0.3, 0.4) is 0 Å². The molecule has 4 N–H and O–H groups in total. The Balaban J connectivity index is 4.38. The highest BCUT2D eigenvalue weighted by atomic mass is 16.1. The normalized spacial score (nSPS) is 15.2. The first-order valence-electron chi connectivity index (χ1n) is 7.57. The van der Waals surface area contributed by atoms with Crippen molar-refractivity contribution >= 4 is 5.91 Å². The van der Waals surface area contributed by atoms with Crippen molar-refractivity contribution in [1.82, 2.24) is 4.90 Å². The van der Waals surface area contributed by atoms with Crippen molar-refractivity contribution in [3.8, 4) is 0 Å². The molecule has 114 valence electrons. The van der Waals surface area contributed by atoms with E-state index >= 15 is 0 Å². The van der Waals surface area contributed by atoms with Crippen LogP contribution in [0.15, 0.2) is 0 Å². The Morgan fingerprint density at radius 1 is 1.26 bits per heavy atom. The van der Waals surface area contributed by atoms with E-state index in [9.17, 15) is 4.79 Å². The summed E-state index contributed by atoms with van der Waals surface area (Å²) in [6.45, 7) is 12.8. The summed E-state index contributed by atoms with van der Waals surface area (Å²) in [6.07, 6.45) is 3.90. The van der Waals surface area contributed by atoms with Crippen LogP contribution in [0.25, 0.3) is 0 Å². The Hall–Kier alpha value is -0.610. The zero-order valence-electron chi connectivity index (χ0n) is 13.4. The SMILES string of the molecule is CCC(CC)N(CCCC(C)(N)C(N)=O)CC(C)C. The summed E-state index contributed by atoms with van der Waals surface area (Å²) < 4.78 is 0. The predicted octanol–water partition coefficient (Wildman–Crippen LogP) is 2.12. The van der Waals surface area contributed by atoms with Gasteiger partial charge in [0.15, 0.2) is 0 Å². The molecular weight excluding hydrogens is 238 g/mol. The standard InChI is InChI=1S/C15H33N3O/c1-6-13(7-2)18(11-12(3)4)10-8-9-15(5,17)14(16)19/h12-13H,6-11,17H2,1-5H3,(H2,16,19). The van der Waals surface area contributed by atoms with Crippen LogP contribution in [0, 0.1) is 5.92 Å². The molecule has 1 unspecified atom stereocenters. The molecule has 0 spiro atoms. The third-order valence-electron chi connectivity index (χ3n) is 3.76. The smallest absolute Gasteiger partial charge is 0.237 e. The summed E-state index contributed by atoms with van der Waals surface area (Å²) >= 11 is 0. The van der Waals surface area contributed by atoms with E-state index in [1.807, 2.05) is 0 Å². The van der Waals surface area contributed by atoms with E-state index in [1.165, 1.54) is 12.8 Å². The molecule has 4 nitrogen and oxygen atoms in total. The van der Waals surface area contributed by atoms with E-state index in [0.717, 1.165) is 19.5 Å². The maximum Gasteiger partial charge on any atom is 0.237 e.